The van der Waals surface area contributed by atoms with E-state index in [0.29, 0.717) is 0 Å². The fourth-order valence-electron chi connectivity index (χ4n) is 16.1. The summed E-state index contributed by atoms with van der Waals surface area (Å²) in [6, 6.07) is 127. The predicted molar refractivity (Wildman–Crippen MR) is 412 cm³/mol. The molecular weight excluding hydrogens is 1190 g/mol. The van der Waals surface area contributed by atoms with Crippen molar-refractivity contribution in [3.05, 3.63) is 362 Å². The van der Waals surface area contributed by atoms with E-state index in [0.717, 1.165) is 92.2 Å². The summed E-state index contributed by atoms with van der Waals surface area (Å²) < 4.78 is 7.52. The highest BCUT2D eigenvalue weighted by Crippen LogP contribution is 2.47. The van der Waals surface area contributed by atoms with Gasteiger partial charge in [-0.1, -0.05) is 212 Å². The molecule has 0 aliphatic heterocycles. The van der Waals surface area contributed by atoms with Gasteiger partial charge < -0.3 is 18.6 Å². The lowest BCUT2D eigenvalue weighted by molar-refractivity contribution is 0.840. The third-order valence-electron chi connectivity index (χ3n) is 21.1. The first kappa shape index (κ1) is 55.9. The van der Waals surface area contributed by atoms with E-state index in [1.54, 1.807) is 0 Å². The molecule has 2 aliphatic rings. The molecule has 98 heavy (non-hydrogen) atoms. The number of hydrogen-bond donors (Lipinski definition) is 0. The molecule has 0 unspecified atom stereocenters. The molecule has 18 aromatic rings. The van der Waals surface area contributed by atoms with Gasteiger partial charge in [-0.3, -0.25) is 0 Å². The first-order valence-corrected chi connectivity index (χ1v) is 34.4. The van der Waals surface area contributed by atoms with Crippen molar-refractivity contribution in [2.45, 2.75) is 25.7 Å². The highest BCUT2D eigenvalue weighted by Gasteiger charge is 2.25. The monoisotopic (exact) mass is 1250 g/mol. The number of benzene rings is 15. The molecule has 0 fully saturated rings. The Labute approximate surface area is 569 Å². The average molecular weight is 1250 g/mol. The van der Waals surface area contributed by atoms with Crippen LogP contribution < -0.4 is 4.90 Å². The van der Waals surface area contributed by atoms with E-state index in [9.17, 15) is 0 Å². The van der Waals surface area contributed by atoms with Gasteiger partial charge in [-0.05, 0) is 242 Å². The van der Waals surface area contributed by atoms with Gasteiger partial charge in [-0.15, -0.1) is 0 Å². The molecule has 0 saturated heterocycles. The summed E-state index contributed by atoms with van der Waals surface area (Å²) in [7, 11) is 0. The number of para-hydroxylation sites is 5. The number of aryl methyl sites for hydroxylation is 4. The minimum Gasteiger partial charge on any atom is -0.310 e. The van der Waals surface area contributed by atoms with Gasteiger partial charge in [0.25, 0.3) is 0 Å². The molecule has 0 saturated carbocycles. The standard InChI is InChI=1S/C94H64N4/c1-4-19-61(20-5-1)68-25-18-30-79(55-68)96-88-34-13-11-32-84(88)87-60-80(45-47-91(87)96)97-90-36-15-12-33-86(90)93-92(97)48-46-85-83-31-10-14-35-89(83)98(94(85)93)82-58-75(54-76(59-82)72-44-40-63-38-42-70(63)52-72)67-24-17-23-66(50-67)74-53-73(65-22-16-21-64(49-65)71-43-39-62-37-41-69(62)51-71)56-81(57-74)95(77-26-6-2-7-27-77)78-28-8-3-9-29-78/h1-36,39-40,43-60H,37-38,41-42H2. The van der Waals surface area contributed by atoms with Crippen LogP contribution in [0.1, 0.15) is 22.3 Å². The summed E-state index contributed by atoms with van der Waals surface area (Å²) >= 11 is 0. The van der Waals surface area contributed by atoms with E-state index < -0.39 is 0 Å². The van der Waals surface area contributed by atoms with Crippen LogP contribution in [0, 0.1) is 0 Å². The molecule has 4 heteroatoms. The van der Waals surface area contributed by atoms with Crippen LogP contribution in [0.15, 0.2) is 340 Å². The van der Waals surface area contributed by atoms with E-state index in [1.807, 2.05) is 0 Å². The van der Waals surface area contributed by atoms with E-state index in [-0.39, 0.29) is 0 Å². The van der Waals surface area contributed by atoms with Crippen molar-refractivity contribution in [1.29, 1.82) is 0 Å². The van der Waals surface area contributed by atoms with E-state index >= 15 is 0 Å². The van der Waals surface area contributed by atoms with Crippen LogP contribution in [0.5, 0.6) is 0 Å². The van der Waals surface area contributed by atoms with Crippen molar-refractivity contribution in [2.24, 2.45) is 0 Å². The molecule has 0 radical (unpaired) electrons. The second-order valence-electron chi connectivity index (χ2n) is 26.7. The first-order valence-electron chi connectivity index (χ1n) is 34.4. The van der Waals surface area contributed by atoms with Gasteiger partial charge in [-0.25, -0.2) is 0 Å². The number of aromatic nitrogens is 3. The van der Waals surface area contributed by atoms with Crippen LogP contribution in [-0.4, -0.2) is 13.7 Å². The fourth-order valence-corrected chi connectivity index (χ4v) is 16.1. The summed E-state index contributed by atoms with van der Waals surface area (Å²) in [6.07, 6.45) is 4.57. The van der Waals surface area contributed by atoms with Crippen LogP contribution in [-0.2, 0) is 25.7 Å². The van der Waals surface area contributed by atoms with Gasteiger partial charge in [-0.2, -0.15) is 0 Å². The number of anilines is 3. The Morgan fingerprint density at radius 3 is 1.17 bits per heavy atom. The van der Waals surface area contributed by atoms with Gasteiger partial charge in [0.2, 0.25) is 0 Å². The number of nitrogens with zero attached hydrogens (tertiary/aromatic N) is 4. The zero-order valence-electron chi connectivity index (χ0n) is 53.9. The third-order valence-corrected chi connectivity index (χ3v) is 21.1. The predicted octanol–water partition coefficient (Wildman–Crippen LogP) is 24.6. The first-order chi connectivity index (χ1) is 48.5. The maximum Gasteiger partial charge on any atom is 0.0641 e. The molecule has 15 aromatic carbocycles. The Hall–Kier alpha value is -12.5. The summed E-state index contributed by atoms with van der Waals surface area (Å²) in [4.78, 5) is 2.40. The molecule has 0 N–H and O–H groups in total. The Kier molecular flexibility index (Phi) is 12.9. The van der Waals surface area contributed by atoms with Crippen molar-refractivity contribution in [3.63, 3.8) is 0 Å². The molecule has 0 bridgehead atoms. The van der Waals surface area contributed by atoms with Gasteiger partial charge in [0.1, 0.15) is 0 Å². The van der Waals surface area contributed by atoms with Crippen molar-refractivity contribution in [2.75, 3.05) is 4.90 Å². The lowest BCUT2D eigenvalue weighted by atomic mass is 9.85. The van der Waals surface area contributed by atoms with Crippen LogP contribution in [0.4, 0.5) is 17.1 Å². The quantitative estimate of drug-likeness (QED) is 0.119. The highest BCUT2D eigenvalue weighted by atomic mass is 15.1. The lowest BCUT2D eigenvalue weighted by Crippen LogP contribution is -2.10. The van der Waals surface area contributed by atoms with Crippen LogP contribution in [0.2, 0.25) is 0 Å². The zero-order chi connectivity index (χ0) is 64.4. The topological polar surface area (TPSA) is 18.0 Å². The van der Waals surface area contributed by atoms with Gasteiger partial charge in [0.15, 0.2) is 0 Å². The number of hydrogen-bond acceptors (Lipinski definition) is 1. The Morgan fingerprint density at radius 2 is 0.592 bits per heavy atom. The van der Waals surface area contributed by atoms with Crippen molar-refractivity contribution < 1.29 is 0 Å². The Balaban J connectivity index is 0.772. The Bertz CT molecular complexity index is 6200. The molecule has 20 rings (SSSR count). The smallest absolute Gasteiger partial charge is 0.0641 e. The fraction of sp³-hybridized carbons (Fsp3) is 0.0426. The minimum atomic E-state index is 1.09. The molecular formula is C94H64N4. The van der Waals surface area contributed by atoms with Gasteiger partial charge >= 0.3 is 0 Å². The molecule has 3 aromatic heterocycles. The molecule has 0 atom stereocenters. The lowest BCUT2D eigenvalue weighted by Gasteiger charge is -2.27. The SMILES string of the molecule is c1ccc(-c2cccc(-n3c4ccccc4c4cc(-n5c6ccccc6c6c5ccc5c7ccccc7n(-c7cc(-c8cccc(-c9cc(-c%10cccc(-c%11ccc%12c(c%11)CC%12)c%10)cc(N(c%10ccccc%10)c%10ccccc%10)c9)c8)cc(-c8ccc9c(c8)CC9)c7)c56)ccc43)c2)cc1. The minimum absolute atomic E-state index is 1.09. The van der Waals surface area contributed by atoms with Crippen LogP contribution >= 0.6 is 0 Å². The molecule has 3 heterocycles. The highest BCUT2D eigenvalue weighted by molar-refractivity contribution is 6.26. The summed E-state index contributed by atoms with van der Waals surface area (Å²) in [5, 5.41) is 7.31. The summed E-state index contributed by atoms with van der Waals surface area (Å²) in [5.74, 6) is 0. The molecule has 4 nitrogen and oxygen atoms in total. The normalized spacial score (nSPS) is 12.5. The summed E-state index contributed by atoms with van der Waals surface area (Å²) in [6.45, 7) is 0. The van der Waals surface area contributed by atoms with Crippen molar-refractivity contribution >= 4 is 82.5 Å². The maximum atomic E-state index is 2.58. The van der Waals surface area contributed by atoms with Crippen molar-refractivity contribution in [3.8, 4) is 83.8 Å². The third kappa shape index (κ3) is 9.20. The molecule has 2 aliphatic carbocycles. The molecule has 0 amide bonds. The second-order valence-corrected chi connectivity index (χ2v) is 26.7. The average Bonchev–Trinajstić information content (AvgIpc) is 1.54. The Morgan fingerprint density at radius 1 is 0.194 bits per heavy atom. The second kappa shape index (κ2) is 22.6. The maximum absolute atomic E-state index is 2.58. The van der Waals surface area contributed by atoms with Crippen LogP contribution in [0.25, 0.3) is 149 Å². The van der Waals surface area contributed by atoms with Gasteiger partial charge in [0.05, 0.1) is 33.1 Å². The van der Waals surface area contributed by atoms with E-state index in [2.05, 4.69) is 358 Å². The van der Waals surface area contributed by atoms with Crippen LogP contribution in [0.3, 0.4) is 0 Å². The van der Waals surface area contributed by atoms with E-state index in [1.165, 1.54) is 122 Å². The van der Waals surface area contributed by atoms with Gasteiger partial charge in [0, 0.05) is 66.4 Å². The number of rotatable bonds is 12. The zero-order valence-corrected chi connectivity index (χ0v) is 53.9. The largest absolute Gasteiger partial charge is 0.310 e. The van der Waals surface area contributed by atoms with Crippen molar-refractivity contribution in [1.82, 2.24) is 13.7 Å². The molecule has 0 spiro atoms. The number of fused-ring (bicyclic) bond motifs is 12. The van der Waals surface area contributed by atoms with E-state index in [4.69, 9.17) is 0 Å². The molecule has 460 valence electrons. The summed E-state index contributed by atoms with van der Waals surface area (Å²) in [5.41, 5.74) is 33.8.